The second kappa shape index (κ2) is 8.08. The number of methoxy groups -OCH3 is 1. The van der Waals surface area contributed by atoms with Crippen molar-refractivity contribution in [2.24, 2.45) is 10.9 Å². The van der Waals surface area contributed by atoms with Gasteiger partial charge in [0.15, 0.2) is 17.2 Å². The van der Waals surface area contributed by atoms with Crippen LogP contribution in [0.15, 0.2) is 53.2 Å². The summed E-state index contributed by atoms with van der Waals surface area (Å²) in [6.45, 7) is 5.43. The van der Waals surface area contributed by atoms with E-state index in [2.05, 4.69) is 4.99 Å². The van der Waals surface area contributed by atoms with Crippen molar-refractivity contribution in [2.45, 2.75) is 20.8 Å². The van der Waals surface area contributed by atoms with Crippen LogP contribution in [-0.4, -0.2) is 24.9 Å². The number of carbonyl (C=O) groups is 2. The van der Waals surface area contributed by atoms with Crippen molar-refractivity contribution >= 4 is 23.9 Å². The van der Waals surface area contributed by atoms with Crippen molar-refractivity contribution in [3.8, 4) is 11.5 Å². The highest BCUT2D eigenvalue weighted by Gasteiger charge is 2.25. The molecule has 2 aromatic rings. The van der Waals surface area contributed by atoms with Gasteiger partial charge in [-0.1, -0.05) is 38.1 Å². The molecule has 28 heavy (non-hydrogen) atoms. The molecule has 1 heterocycles. The van der Waals surface area contributed by atoms with Crippen molar-refractivity contribution < 1.29 is 23.8 Å². The summed E-state index contributed by atoms with van der Waals surface area (Å²) in [6.07, 6.45) is 1.60. The van der Waals surface area contributed by atoms with Gasteiger partial charge in [0.1, 0.15) is 0 Å². The Morgan fingerprint density at radius 3 is 2.57 bits per heavy atom. The van der Waals surface area contributed by atoms with E-state index in [-0.39, 0.29) is 23.5 Å². The molecule has 0 N–H and O–H groups in total. The lowest BCUT2D eigenvalue weighted by Crippen LogP contribution is -2.15. The van der Waals surface area contributed by atoms with Crippen LogP contribution >= 0.6 is 0 Å². The summed E-state index contributed by atoms with van der Waals surface area (Å²) in [5, 5.41) is 0. The number of aliphatic imine (C=N–C) groups is 1. The second-order valence-electron chi connectivity index (χ2n) is 6.64. The molecule has 0 spiro atoms. The van der Waals surface area contributed by atoms with Crippen LogP contribution in [0, 0.1) is 12.8 Å². The number of esters is 2. The Kier molecular flexibility index (Phi) is 5.59. The van der Waals surface area contributed by atoms with Crippen LogP contribution in [0.5, 0.6) is 11.5 Å². The Hall–Kier alpha value is -3.41. The zero-order valence-corrected chi connectivity index (χ0v) is 16.2. The highest BCUT2D eigenvalue weighted by atomic mass is 16.6. The van der Waals surface area contributed by atoms with Gasteiger partial charge in [0.2, 0.25) is 5.90 Å². The smallest absolute Gasteiger partial charge is 0.363 e. The van der Waals surface area contributed by atoms with Gasteiger partial charge in [0.05, 0.1) is 13.0 Å². The van der Waals surface area contributed by atoms with Gasteiger partial charge in [-0.15, -0.1) is 0 Å². The molecule has 2 aromatic carbocycles. The van der Waals surface area contributed by atoms with E-state index in [1.807, 2.05) is 31.2 Å². The third-order valence-electron chi connectivity index (χ3n) is 4.17. The van der Waals surface area contributed by atoms with E-state index < -0.39 is 5.97 Å². The van der Waals surface area contributed by atoms with Gasteiger partial charge in [-0.2, -0.15) is 0 Å². The molecule has 0 aromatic heterocycles. The second-order valence-corrected chi connectivity index (χ2v) is 6.64. The molecule has 1 aliphatic heterocycles. The average molecular weight is 379 g/mol. The van der Waals surface area contributed by atoms with Crippen LogP contribution in [0.2, 0.25) is 0 Å². The van der Waals surface area contributed by atoms with Crippen molar-refractivity contribution in [3.05, 3.63) is 64.9 Å². The number of cyclic esters (lactones) is 1. The summed E-state index contributed by atoms with van der Waals surface area (Å²) in [4.78, 5) is 28.4. The normalized spacial score (nSPS) is 14.8. The predicted octanol–water partition coefficient (Wildman–Crippen LogP) is 3.91. The molecule has 0 aliphatic carbocycles. The van der Waals surface area contributed by atoms with Crippen LogP contribution in [-0.2, 0) is 14.3 Å². The molecule has 0 saturated heterocycles. The molecule has 144 valence electrons. The molecule has 6 heteroatoms. The van der Waals surface area contributed by atoms with Crippen LogP contribution < -0.4 is 9.47 Å². The lowest BCUT2D eigenvalue weighted by molar-refractivity contribution is -0.137. The highest BCUT2D eigenvalue weighted by molar-refractivity contribution is 6.13. The van der Waals surface area contributed by atoms with Gasteiger partial charge < -0.3 is 14.2 Å². The Balaban J connectivity index is 1.89. The predicted molar refractivity (Wildman–Crippen MR) is 105 cm³/mol. The molecule has 6 nitrogen and oxygen atoms in total. The molecule has 0 unspecified atom stereocenters. The monoisotopic (exact) mass is 379 g/mol. The van der Waals surface area contributed by atoms with Crippen molar-refractivity contribution in [2.75, 3.05) is 7.11 Å². The molecule has 0 amide bonds. The summed E-state index contributed by atoms with van der Waals surface area (Å²) in [5.41, 5.74) is 2.59. The Bertz CT molecular complexity index is 988. The van der Waals surface area contributed by atoms with Crippen molar-refractivity contribution in [1.29, 1.82) is 0 Å². The fraction of sp³-hybridized carbons (Fsp3) is 0.227. The van der Waals surface area contributed by atoms with Crippen LogP contribution in [0.3, 0.4) is 0 Å². The Morgan fingerprint density at radius 1 is 1.14 bits per heavy atom. The first kappa shape index (κ1) is 19.4. The van der Waals surface area contributed by atoms with E-state index in [0.29, 0.717) is 17.1 Å². The summed E-state index contributed by atoms with van der Waals surface area (Å²) in [5.74, 6) is -0.138. The van der Waals surface area contributed by atoms with Gasteiger partial charge in [-0.25, -0.2) is 9.79 Å². The number of ether oxygens (including phenoxy) is 3. The van der Waals surface area contributed by atoms with Crippen LogP contribution in [0.25, 0.3) is 6.08 Å². The van der Waals surface area contributed by atoms with Crippen molar-refractivity contribution in [3.63, 3.8) is 0 Å². The number of hydrogen-bond donors (Lipinski definition) is 0. The number of carbonyl (C=O) groups excluding carboxylic acids is 2. The van der Waals surface area contributed by atoms with Gasteiger partial charge >= 0.3 is 11.9 Å². The van der Waals surface area contributed by atoms with Gasteiger partial charge in [0, 0.05) is 5.56 Å². The molecule has 1 aliphatic rings. The minimum Gasteiger partial charge on any atom is -0.493 e. The van der Waals surface area contributed by atoms with Crippen molar-refractivity contribution in [1.82, 2.24) is 0 Å². The molecule has 3 rings (SSSR count). The van der Waals surface area contributed by atoms with E-state index >= 15 is 0 Å². The topological polar surface area (TPSA) is 74.2 Å². The molecular formula is C22H21NO5. The fourth-order valence-corrected chi connectivity index (χ4v) is 2.58. The summed E-state index contributed by atoms with van der Waals surface area (Å²) in [7, 11) is 1.48. The summed E-state index contributed by atoms with van der Waals surface area (Å²) >= 11 is 0. The molecule has 0 fully saturated rings. The molecule has 0 atom stereocenters. The highest BCUT2D eigenvalue weighted by Crippen LogP contribution is 2.30. The van der Waals surface area contributed by atoms with E-state index in [1.165, 1.54) is 7.11 Å². The van der Waals surface area contributed by atoms with Crippen LogP contribution in [0.4, 0.5) is 0 Å². The maximum Gasteiger partial charge on any atom is 0.363 e. The fourth-order valence-electron chi connectivity index (χ4n) is 2.58. The number of aryl methyl sites for hydroxylation is 1. The van der Waals surface area contributed by atoms with E-state index in [1.54, 1.807) is 38.1 Å². The lowest BCUT2D eigenvalue weighted by atomic mass is 10.1. The maximum atomic E-state index is 12.2. The minimum atomic E-state index is -0.521. The van der Waals surface area contributed by atoms with Gasteiger partial charge in [0.25, 0.3) is 0 Å². The number of rotatable bonds is 5. The first-order chi connectivity index (χ1) is 13.4. The van der Waals surface area contributed by atoms with E-state index in [4.69, 9.17) is 14.2 Å². The minimum absolute atomic E-state index is 0.187. The molecule has 0 radical (unpaired) electrons. The molecule has 0 saturated carbocycles. The Morgan fingerprint density at radius 2 is 1.89 bits per heavy atom. The zero-order valence-electron chi connectivity index (χ0n) is 16.2. The third kappa shape index (κ3) is 4.11. The number of hydrogen-bond acceptors (Lipinski definition) is 6. The number of nitrogens with zero attached hydrogens (tertiary/aromatic N) is 1. The standard InChI is InChI=1S/C22H21NO5/c1-13(2)21(24)27-18-10-9-15(12-19(18)26-4)11-17-22(25)28-20(23-17)16-8-6-5-7-14(16)3/h5-13H,1-4H3/b17-11-. The maximum absolute atomic E-state index is 12.2. The third-order valence-corrected chi connectivity index (χ3v) is 4.17. The SMILES string of the molecule is COc1cc(/C=C2\N=C(c3ccccc3C)OC2=O)ccc1OC(=O)C(C)C. The van der Waals surface area contributed by atoms with E-state index in [0.717, 1.165) is 11.1 Å². The lowest BCUT2D eigenvalue weighted by Gasteiger charge is -2.11. The summed E-state index contributed by atoms with van der Waals surface area (Å²) < 4.78 is 15.9. The molecule has 0 bridgehead atoms. The number of benzene rings is 2. The average Bonchev–Trinajstić information content (AvgIpc) is 3.03. The van der Waals surface area contributed by atoms with E-state index in [9.17, 15) is 9.59 Å². The first-order valence-corrected chi connectivity index (χ1v) is 8.87. The Labute approximate surface area is 163 Å². The zero-order chi connectivity index (χ0) is 20.3. The van der Waals surface area contributed by atoms with Gasteiger partial charge in [-0.05, 0) is 42.3 Å². The largest absolute Gasteiger partial charge is 0.493 e. The molecular weight excluding hydrogens is 358 g/mol. The van der Waals surface area contributed by atoms with Gasteiger partial charge in [-0.3, -0.25) is 4.79 Å². The van der Waals surface area contributed by atoms with Crippen LogP contribution in [0.1, 0.15) is 30.5 Å². The quantitative estimate of drug-likeness (QED) is 0.447. The first-order valence-electron chi connectivity index (χ1n) is 8.87. The summed E-state index contributed by atoms with van der Waals surface area (Å²) in [6, 6.07) is 12.6.